The zero-order valence-corrected chi connectivity index (χ0v) is 9.43. The standard InChI is InChI=1S/C10H13NO6/c1-15-10(4-5-10)6-16-9(14)17-11-7(12)2-3-8(11)13/h2-6H2,1H3. The van der Waals surface area contributed by atoms with Gasteiger partial charge in [-0.15, -0.1) is 0 Å². The van der Waals surface area contributed by atoms with Crippen LogP contribution in [0.2, 0.25) is 0 Å². The Labute approximate surface area is 97.6 Å². The van der Waals surface area contributed by atoms with E-state index in [1.54, 1.807) is 0 Å². The molecule has 0 aromatic carbocycles. The zero-order valence-electron chi connectivity index (χ0n) is 9.43. The summed E-state index contributed by atoms with van der Waals surface area (Å²) >= 11 is 0. The third-order valence-corrected chi connectivity index (χ3v) is 2.87. The van der Waals surface area contributed by atoms with Crippen molar-refractivity contribution in [3.8, 4) is 0 Å². The highest BCUT2D eigenvalue weighted by molar-refractivity contribution is 6.01. The van der Waals surface area contributed by atoms with Gasteiger partial charge in [0.25, 0.3) is 11.8 Å². The van der Waals surface area contributed by atoms with E-state index in [-0.39, 0.29) is 19.4 Å². The lowest BCUT2D eigenvalue weighted by Crippen LogP contribution is -2.33. The van der Waals surface area contributed by atoms with Crippen LogP contribution in [0.25, 0.3) is 0 Å². The fraction of sp³-hybridized carbons (Fsp3) is 0.700. The smallest absolute Gasteiger partial charge is 0.430 e. The Morgan fingerprint density at radius 2 is 1.88 bits per heavy atom. The van der Waals surface area contributed by atoms with Gasteiger partial charge in [0.15, 0.2) is 0 Å². The van der Waals surface area contributed by atoms with Crippen molar-refractivity contribution in [1.82, 2.24) is 5.06 Å². The predicted molar refractivity (Wildman–Crippen MR) is 52.5 cm³/mol. The molecule has 2 rings (SSSR count). The molecule has 0 N–H and O–H groups in total. The van der Waals surface area contributed by atoms with Gasteiger partial charge in [-0.2, -0.15) is 0 Å². The van der Waals surface area contributed by atoms with E-state index in [2.05, 4.69) is 4.84 Å². The van der Waals surface area contributed by atoms with E-state index in [0.29, 0.717) is 5.06 Å². The van der Waals surface area contributed by atoms with Gasteiger partial charge in [-0.05, 0) is 12.8 Å². The van der Waals surface area contributed by atoms with E-state index in [4.69, 9.17) is 9.47 Å². The number of ether oxygens (including phenoxy) is 2. The van der Waals surface area contributed by atoms with Crippen LogP contribution in [0, 0.1) is 0 Å². The fourth-order valence-corrected chi connectivity index (χ4v) is 1.50. The molecular formula is C10H13NO6. The topological polar surface area (TPSA) is 82.1 Å². The van der Waals surface area contributed by atoms with Crippen molar-refractivity contribution in [2.45, 2.75) is 31.3 Å². The molecule has 7 heteroatoms. The first-order valence-corrected chi connectivity index (χ1v) is 5.32. The minimum Gasteiger partial charge on any atom is -0.430 e. The van der Waals surface area contributed by atoms with Gasteiger partial charge in [0.1, 0.15) is 12.2 Å². The van der Waals surface area contributed by atoms with Crippen LogP contribution >= 0.6 is 0 Å². The van der Waals surface area contributed by atoms with Crippen molar-refractivity contribution in [3.63, 3.8) is 0 Å². The molecule has 17 heavy (non-hydrogen) atoms. The molecule has 0 bridgehead atoms. The van der Waals surface area contributed by atoms with Crippen molar-refractivity contribution < 1.29 is 28.7 Å². The number of carbonyl (C=O) groups is 3. The largest absolute Gasteiger partial charge is 0.534 e. The highest BCUT2D eigenvalue weighted by Crippen LogP contribution is 2.39. The van der Waals surface area contributed by atoms with Gasteiger partial charge in [0, 0.05) is 20.0 Å². The average molecular weight is 243 g/mol. The van der Waals surface area contributed by atoms with Gasteiger partial charge < -0.3 is 9.47 Å². The molecule has 2 fully saturated rings. The molecule has 1 aliphatic carbocycles. The van der Waals surface area contributed by atoms with E-state index in [9.17, 15) is 14.4 Å². The summed E-state index contributed by atoms with van der Waals surface area (Å²) in [6, 6.07) is 0. The average Bonchev–Trinajstić information content (AvgIpc) is 3.04. The molecule has 0 radical (unpaired) electrons. The second-order valence-corrected chi connectivity index (χ2v) is 4.10. The monoisotopic (exact) mass is 243 g/mol. The van der Waals surface area contributed by atoms with E-state index in [1.807, 2.05) is 0 Å². The van der Waals surface area contributed by atoms with Gasteiger partial charge >= 0.3 is 6.16 Å². The molecule has 1 heterocycles. The third-order valence-electron chi connectivity index (χ3n) is 2.87. The van der Waals surface area contributed by atoms with Gasteiger partial charge in [-0.3, -0.25) is 14.4 Å². The maximum atomic E-state index is 11.2. The first-order chi connectivity index (χ1) is 8.06. The normalized spacial score (nSPS) is 21.6. The molecule has 2 aliphatic rings. The summed E-state index contributed by atoms with van der Waals surface area (Å²) in [6.45, 7) is 0.0680. The van der Waals surface area contributed by atoms with Gasteiger partial charge in [0.2, 0.25) is 0 Å². The number of carbonyl (C=O) groups excluding carboxylic acids is 3. The molecule has 7 nitrogen and oxygen atoms in total. The van der Waals surface area contributed by atoms with Crippen molar-refractivity contribution in [1.29, 1.82) is 0 Å². The van der Waals surface area contributed by atoms with Crippen LogP contribution in [0.1, 0.15) is 25.7 Å². The number of hydrogen-bond donors (Lipinski definition) is 0. The van der Waals surface area contributed by atoms with E-state index in [0.717, 1.165) is 12.8 Å². The van der Waals surface area contributed by atoms with Crippen molar-refractivity contribution in [2.24, 2.45) is 0 Å². The summed E-state index contributed by atoms with van der Waals surface area (Å²) in [5.41, 5.74) is -0.405. The Balaban J connectivity index is 1.77. The summed E-state index contributed by atoms with van der Waals surface area (Å²) in [6.07, 6.45) is 0.704. The van der Waals surface area contributed by atoms with Crippen LogP contribution in [-0.4, -0.2) is 42.4 Å². The van der Waals surface area contributed by atoms with Crippen molar-refractivity contribution in [3.05, 3.63) is 0 Å². The van der Waals surface area contributed by atoms with Crippen LogP contribution < -0.4 is 0 Å². The fourth-order valence-electron chi connectivity index (χ4n) is 1.50. The Morgan fingerprint density at radius 1 is 1.29 bits per heavy atom. The lowest BCUT2D eigenvalue weighted by atomic mass is 10.4. The van der Waals surface area contributed by atoms with Crippen molar-refractivity contribution in [2.75, 3.05) is 13.7 Å². The molecule has 1 saturated carbocycles. The van der Waals surface area contributed by atoms with Crippen LogP contribution in [0.3, 0.4) is 0 Å². The Kier molecular flexibility index (Phi) is 3.01. The minimum absolute atomic E-state index is 0.0636. The first kappa shape index (κ1) is 11.8. The van der Waals surface area contributed by atoms with Crippen LogP contribution in [0.15, 0.2) is 0 Å². The quantitative estimate of drug-likeness (QED) is 0.524. The second-order valence-electron chi connectivity index (χ2n) is 4.10. The molecule has 0 spiro atoms. The van der Waals surface area contributed by atoms with Gasteiger partial charge in [0.05, 0.1) is 0 Å². The number of nitrogens with zero attached hydrogens (tertiary/aromatic N) is 1. The Bertz CT molecular complexity index is 346. The number of methoxy groups -OCH3 is 1. The molecule has 2 amide bonds. The summed E-state index contributed by atoms with van der Waals surface area (Å²) in [5.74, 6) is -1.06. The zero-order chi connectivity index (χ0) is 12.5. The summed E-state index contributed by atoms with van der Waals surface area (Å²) in [5, 5.41) is 0.453. The molecule has 1 aliphatic heterocycles. The Hall–Kier alpha value is -1.63. The van der Waals surface area contributed by atoms with E-state index >= 15 is 0 Å². The molecule has 1 saturated heterocycles. The Morgan fingerprint density at radius 3 is 2.35 bits per heavy atom. The predicted octanol–water partition coefficient (Wildman–Crippen LogP) is 0.383. The van der Waals surface area contributed by atoms with Gasteiger partial charge in [-0.1, -0.05) is 5.06 Å². The minimum atomic E-state index is -1.06. The SMILES string of the molecule is COC1(COC(=O)ON2C(=O)CCC2=O)CC1. The summed E-state index contributed by atoms with van der Waals surface area (Å²) in [7, 11) is 1.54. The summed E-state index contributed by atoms with van der Waals surface area (Å²) < 4.78 is 9.92. The van der Waals surface area contributed by atoms with Crippen LogP contribution in [0.5, 0.6) is 0 Å². The molecular weight excluding hydrogens is 230 g/mol. The number of amides is 2. The lowest BCUT2D eigenvalue weighted by Gasteiger charge is -2.15. The highest BCUT2D eigenvalue weighted by atomic mass is 16.8. The van der Waals surface area contributed by atoms with E-state index in [1.165, 1.54) is 7.11 Å². The molecule has 0 atom stereocenters. The second kappa shape index (κ2) is 4.33. The molecule has 94 valence electrons. The number of imide groups is 1. The number of hydroxylamine groups is 2. The molecule has 0 aromatic rings. The molecule has 0 unspecified atom stereocenters. The lowest BCUT2D eigenvalue weighted by molar-refractivity contribution is -0.178. The number of hydrogen-bond acceptors (Lipinski definition) is 6. The summed E-state index contributed by atoms with van der Waals surface area (Å²) in [4.78, 5) is 38.0. The van der Waals surface area contributed by atoms with Crippen LogP contribution in [0.4, 0.5) is 4.79 Å². The third kappa shape index (κ3) is 2.55. The van der Waals surface area contributed by atoms with E-state index < -0.39 is 23.6 Å². The van der Waals surface area contributed by atoms with Crippen molar-refractivity contribution >= 4 is 18.0 Å². The maximum absolute atomic E-state index is 11.2. The first-order valence-electron chi connectivity index (χ1n) is 5.32. The number of rotatable bonds is 4. The van der Waals surface area contributed by atoms with Crippen LogP contribution in [-0.2, 0) is 23.9 Å². The highest BCUT2D eigenvalue weighted by Gasteiger charge is 2.45. The van der Waals surface area contributed by atoms with Gasteiger partial charge in [-0.25, -0.2) is 4.79 Å². The molecule has 0 aromatic heterocycles. The maximum Gasteiger partial charge on any atom is 0.534 e.